The summed E-state index contributed by atoms with van der Waals surface area (Å²) >= 11 is 3.41. The molecule has 2 aromatic rings. The maximum atomic E-state index is 12.1. The minimum atomic E-state index is -0.643. The average molecular weight is 417 g/mol. The molecular weight excluding hydrogens is 408 g/mol. The molecule has 0 bridgehead atoms. The number of fused-ring (bicyclic) bond motifs is 1. The number of hydrogen-bond acceptors (Lipinski definition) is 7. The molecule has 26 heavy (non-hydrogen) atoms. The Hall–Kier alpha value is -3.20. The molecule has 0 N–H and O–H groups in total. The summed E-state index contributed by atoms with van der Waals surface area (Å²) in [6.45, 7) is 0.138. The molecule has 0 unspecified atom stereocenters. The van der Waals surface area contributed by atoms with E-state index in [-0.39, 0.29) is 24.1 Å². The van der Waals surface area contributed by atoms with Crippen molar-refractivity contribution in [3.63, 3.8) is 0 Å². The molecule has 0 aliphatic carbocycles. The highest BCUT2D eigenvalue weighted by atomic mass is 79.9. The molecule has 9 heteroatoms. The van der Waals surface area contributed by atoms with Gasteiger partial charge in [-0.1, -0.05) is 22.0 Å². The van der Waals surface area contributed by atoms with Crippen molar-refractivity contribution < 1.29 is 23.9 Å². The number of nitrogens with zero attached hydrogens (tertiary/aromatic N) is 2. The molecule has 0 fully saturated rings. The third-order valence-electron chi connectivity index (χ3n) is 3.71. The Balaban J connectivity index is 1.70. The Labute approximate surface area is 155 Å². The minimum Gasteiger partial charge on any atom is -0.454 e. The molecule has 2 aliphatic rings. The molecule has 0 atom stereocenters. The van der Waals surface area contributed by atoms with E-state index in [1.165, 1.54) is 18.2 Å². The van der Waals surface area contributed by atoms with Gasteiger partial charge in [-0.2, -0.15) is 0 Å². The molecule has 2 aromatic carbocycles. The second kappa shape index (κ2) is 6.26. The van der Waals surface area contributed by atoms with Crippen LogP contribution in [0.15, 0.2) is 51.6 Å². The zero-order valence-corrected chi connectivity index (χ0v) is 14.6. The van der Waals surface area contributed by atoms with Crippen LogP contribution < -0.4 is 9.47 Å². The minimum absolute atomic E-state index is 0.0156. The van der Waals surface area contributed by atoms with Crippen LogP contribution in [-0.4, -0.2) is 23.6 Å². The monoisotopic (exact) mass is 416 g/mol. The number of halogens is 1. The van der Waals surface area contributed by atoms with Gasteiger partial charge in [0.15, 0.2) is 17.2 Å². The molecule has 0 amide bonds. The quantitative estimate of drug-likeness (QED) is 0.328. The van der Waals surface area contributed by atoms with Gasteiger partial charge in [-0.05, 0) is 29.8 Å². The van der Waals surface area contributed by atoms with Crippen LogP contribution in [0.3, 0.4) is 0 Å². The van der Waals surface area contributed by atoms with Crippen molar-refractivity contribution in [2.24, 2.45) is 4.99 Å². The fourth-order valence-corrected chi connectivity index (χ4v) is 2.91. The fourth-order valence-electron chi connectivity index (χ4n) is 2.48. The lowest BCUT2D eigenvalue weighted by Gasteiger charge is -2.02. The lowest BCUT2D eigenvalue weighted by atomic mass is 10.1. The van der Waals surface area contributed by atoms with Crippen molar-refractivity contribution in [3.8, 4) is 11.5 Å². The lowest BCUT2D eigenvalue weighted by Crippen LogP contribution is -2.05. The number of nitro groups is 1. The average Bonchev–Trinajstić information content (AvgIpc) is 3.22. The summed E-state index contributed by atoms with van der Waals surface area (Å²) in [6, 6.07) is 9.18. The molecule has 0 radical (unpaired) electrons. The van der Waals surface area contributed by atoms with Crippen molar-refractivity contribution >= 4 is 39.6 Å². The molecule has 0 saturated heterocycles. The Morgan fingerprint density at radius 3 is 2.73 bits per heavy atom. The number of hydrogen-bond donors (Lipinski definition) is 0. The largest absolute Gasteiger partial charge is 0.454 e. The van der Waals surface area contributed by atoms with Crippen LogP contribution in [0.4, 0.5) is 5.69 Å². The SMILES string of the molecule is O=C1OC(c2cccc([N+](=O)[O-])c2)=NC1=Cc1cc2c(cc1Br)OCO2. The van der Waals surface area contributed by atoms with Crippen LogP contribution >= 0.6 is 15.9 Å². The van der Waals surface area contributed by atoms with Crippen molar-refractivity contribution in [3.05, 3.63) is 67.8 Å². The van der Waals surface area contributed by atoms with Gasteiger partial charge < -0.3 is 14.2 Å². The highest BCUT2D eigenvalue weighted by Gasteiger charge is 2.26. The van der Waals surface area contributed by atoms with E-state index in [1.54, 1.807) is 24.3 Å². The van der Waals surface area contributed by atoms with Crippen LogP contribution in [0.2, 0.25) is 0 Å². The Bertz CT molecular complexity index is 1010. The number of cyclic esters (lactones) is 1. The third kappa shape index (κ3) is 2.93. The van der Waals surface area contributed by atoms with E-state index in [2.05, 4.69) is 20.9 Å². The molecule has 0 spiro atoms. The number of carbonyl (C=O) groups excluding carboxylic acids is 1. The maximum Gasteiger partial charge on any atom is 0.363 e. The fraction of sp³-hybridized carbons (Fsp3) is 0.0588. The normalized spacial score (nSPS) is 16.6. The first-order valence-electron chi connectivity index (χ1n) is 7.38. The van der Waals surface area contributed by atoms with E-state index in [0.29, 0.717) is 27.1 Å². The first kappa shape index (κ1) is 16.3. The Morgan fingerprint density at radius 1 is 1.19 bits per heavy atom. The number of carbonyl (C=O) groups is 1. The van der Waals surface area contributed by atoms with E-state index in [4.69, 9.17) is 14.2 Å². The molecule has 4 rings (SSSR count). The number of rotatable bonds is 3. The van der Waals surface area contributed by atoms with Crippen LogP contribution in [0, 0.1) is 10.1 Å². The van der Waals surface area contributed by atoms with Gasteiger partial charge in [-0.25, -0.2) is 9.79 Å². The van der Waals surface area contributed by atoms with Crippen LogP contribution in [-0.2, 0) is 9.53 Å². The Morgan fingerprint density at radius 2 is 1.96 bits per heavy atom. The van der Waals surface area contributed by atoms with E-state index >= 15 is 0 Å². The van der Waals surface area contributed by atoms with E-state index in [9.17, 15) is 14.9 Å². The Kier molecular flexibility index (Phi) is 3.92. The van der Waals surface area contributed by atoms with Gasteiger partial charge in [0.25, 0.3) is 5.69 Å². The van der Waals surface area contributed by atoms with Crippen molar-refractivity contribution in [2.45, 2.75) is 0 Å². The van der Waals surface area contributed by atoms with Gasteiger partial charge in [0, 0.05) is 22.2 Å². The summed E-state index contributed by atoms with van der Waals surface area (Å²) in [5, 5.41) is 10.9. The van der Waals surface area contributed by atoms with Crippen molar-refractivity contribution in [1.82, 2.24) is 0 Å². The predicted octanol–water partition coefficient (Wildman–Crippen LogP) is 3.43. The van der Waals surface area contributed by atoms with E-state index < -0.39 is 10.9 Å². The second-order valence-corrected chi connectivity index (χ2v) is 6.22. The summed E-state index contributed by atoms with van der Waals surface area (Å²) in [5.41, 5.74) is 0.967. The van der Waals surface area contributed by atoms with Gasteiger partial charge in [-0.15, -0.1) is 0 Å². The smallest absolute Gasteiger partial charge is 0.363 e. The third-order valence-corrected chi connectivity index (χ3v) is 4.40. The zero-order valence-electron chi connectivity index (χ0n) is 13.0. The molecule has 8 nitrogen and oxygen atoms in total. The zero-order chi connectivity index (χ0) is 18.3. The van der Waals surface area contributed by atoms with Gasteiger partial charge >= 0.3 is 5.97 Å². The molecular formula is C17H9BrN2O6. The van der Waals surface area contributed by atoms with Crippen LogP contribution in [0.25, 0.3) is 6.08 Å². The summed E-state index contributed by atoms with van der Waals surface area (Å²) < 4.78 is 16.5. The van der Waals surface area contributed by atoms with E-state index in [1.807, 2.05) is 0 Å². The van der Waals surface area contributed by atoms with Gasteiger partial charge in [0.2, 0.25) is 12.7 Å². The predicted molar refractivity (Wildman–Crippen MR) is 94.0 cm³/mol. The topological polar surface area (TPSA) is 100 Å². The maximum absolute atomic E-state index is 12.1. The summed E-state index contributed by atoms with van der Waals surface area (Å²) in [5.74, 6) is 0.543. The van der Waals surface area contributed by atoms with Gasteiger partial charge in [-0.3, -0.25) is 10.1 Å². The van der Waals surface area contributed by atoms with Crippen LogP contribution in [0.5, 0.6) is 11.5 Å². The van der Waals surface area contributed by atoms with Crippen molar-refractivity contribution in [2.75, 3.05) is 6.79 Å². The van der Waals surface area contributed by atoms with Crippen LogP contribution in [0.1, 0.15) is 11.1 Å². The molecule has 0 aromatic heterocycles. The number of nitro benzene ring substituents is 1. The van der Waals surface area contributed by atoms with Gasteiger partial charge in [0.1, 0.15) is 0 Å². The number of non-ortho nitro benzene ring substituents is 1. The second-order valence-electron chi connectivity index (χ2n) is 5.37. The highest BCUT2D eigenvalue weighted by molar-refractivity contribution is 9.10. The molecule has 0 saturated carbocycles. The van der Waals surface area contributed by atoms with Crippen molar-refractivity contribution in [1.29, 1.82) is 0 Å². The number of esters is 1. The van der Waals surface area contributed by atoms with Gasteiger partial charge in [0.05, 0.1) is 4.92 Å². The molecule has 2 aliphatic heterocycles. The lowest BCUT2D eigenvalue weighted by molar-refractivity contribution is -0.384. The van der Waals surface area contributed by atoms with E-state index in [0.717, 1.165) is 0 Å². The standard InChI is InChI=1S/C17H9BrN2O6/c18-12-7-15-14(24-8-25-15)6-10(12)5-13-17(21)26-16(19-13)9-2-1-3-11(4-9)20(22)23/h1-7H,8H2. The summed E-state index contributed by atoms with van der Waals surface area (Å²) in [6.07, 6.45) is 1.54. The molecule has 130 valence electrons. The summed E-state index contributed by atoms with van der Waals surface area (Å²) in [7, 11) is 0. The number of ether oxygens (including phenoxy) is 3. The molecule has 2 heterocycles. The highest BCUT2D eigenvalue weighted by Crippen LogP contribution is 2.38. The number of aliphatic imine (C=N–C) groups is 1. The first-order chi connectivity index (χ1) is 12.5. The number of benzene rings is 2. The summed E-state index contributed by atoms with van der Waals surface area (Å²) in [4.78, 5) is 26.6. The first-order valence-corrected chi connectivity index (χ1v) is 8.17.